The van der Waals surface area contributed by atoms with Crippen molar-refractivity contribution in [3.63, 3.8) is 0 Å². The molecular formula is C16H19ClN2O6. The number of hydrogen-bond acceptors (Lipinski definition) is 6. The van der Waals surface area contributed by atoms with Crippen LogP contribution in [0, 0.1) is 5.92 Å². The first kappa shape index (κ1) is 18.9. The Morgan fingerprint density at radius 3 is 2.56 bits per heavy atom. The van der Waals surface area contributed by atoms with Crippen LogP contribution in [0.15, 0.2) is 12.1 Å². The van der Waals surface area contributed by atoms with E-state index in [9.17, 15) is 14.4 Å². The largest absolute Gasteiger partial charge is 0.495 e. The number of rotatable bonds is 6. The van der Waals surface area contributed by atoms with E-state index in [0.29, 0.717) is 22.2 Å². The second-order valence-corrected chi connectivity index (χ2v) is 5.75. The highest BCUT2D eigenvalue weighted by molar-refractivity contribution is 6.32. The monoisotopic (exact) mass is 370 g/mol. The average Bonchev–Trinajstić information content (AvgIpc) is 3.00. The molecule has 2 amide bonds. The van der Waals surface area contributed by atoms with E-state index >= 15 is 0 Å². The van der Waals surface area contributed by atoms with Crippen molar-refractivity contribution >= 4 is 35.1 Å². The fourth-order valence-electron chi connectivity index (χ4n) is 2.48. The molecule has 25 heavy (non-hydrogen) atoms. The van der Waals surface area contributed by atoms with Crippen LogP contribution in [0.2, 0.25) is 5.02 Å². The first-order valence-corrected chi connectivity index (χ1v) is 7.88. The molecule has 1 saturated heterocycles. The van der Waals surface area contributed by atoms with Gasteiger partial charge in [-0.3, -0.25) is 14.4 Å². The highest BCUT2D eigenvalue weighted by atomic mass is 35.5. The smallest absolute Gasteiger partial charge is 0.311 e. The molecule has 1 atom stereocenters. The Bertz CT molecular complexity index is 693. The fourth-order valence-corrected chi connectivity index (χ4v) is 2.72. The second-order valence-electron chi connectivity index (χ2n) is 5.34. The van der Waals surface area contributed by atoms with Gasteiger partial charge in [-0.05, 0) is 6.07 Å². The van der Waals surface area contributed by atoms with Crippen molar-refractivity contribution in [2.75, 3.05) is 39.3 Å². The van der Waals surface area contributed by atoms with Crippen LogP contribution < -0.4 is 19.7 Å². The first-order valence-electron chi connectivity index (χ1n) is 7.50. The van der Waals surface area contributed by atoms with Crippen LogP contribution in [0.25, 0.3) is 0 Å². The van der Waals surface area contributed by atoms with E-state index in [1.807, 2.05) is 0 Å². The Labute approximate surface area is 150 Å². The summed E-state index contributed by atoms with van der Waals surface area (Å²) in [5.41, 5.74) is 0.444. The third-order valence-corrected chi connectivity index (χ3v) is 4.12. The number of ether oxygens (including phenoxy) is 3. The number of nitrogens with one attached hydrogen (secondary N) is 1. The molecule has 136 valence electrons. The van der Waals surface area contributed by atoms with Gasteiger partial charge in [-0.1, -0.05) is 11.6 Å². The number of hydrogen-bond donors (Lipinski definition) is 1. The van der Waals surface area contributed by atoms with Crippen molar-refractivity contribution < 1.29 is 28.6 Å². The lowest BCUT2D eigenvalue weighted by Gasteiger charge is -2.20. The number of methoxy groups -OCH3 is 2. The van der Waals surface area contributed by atoms with E-state index < -0.39 is 17.8 Å². The lowest BCUT2D eigenvalue weighted by atomic mass is 10.1. The Balaban J connectivity index is 2.16. The fraction of sp³-hybridized carbons (Fsp3) is 0.438. The third kappa shape index (κ3) is 4.14. The molecule has 1 N–H and O–H groups in total. The maximum atomic E-state index is 12.3. The van der Waals surface area contributed by atoms with Crippen molar-refractivity contribution in [1.82, 2.24) is 5.32 Å². The summed E-state index contributed by atoms with van der Waals surface area (Å²) in [6.45, 7) is -0.262. The molecule has 2 rings (SSSR count). The van der Waals surface area contributed by atoms with E-state index in [1.165, 1.54) is 26.2 Å². The summed E-state index contributed by atoms with van der Waals surface area (Å²) in [5.74, 6) is -1.13. The van der Waals surface area contributed by atoms with Gasteiger partial charge in [0.2, 0.25) is 5.91 Å². The number of halogens is 1. The molecule has 1 aromatic carbocycles. The molecule has 1 aromatic rings. The van der Waals surface area contributed by atoms with Gasteiger partial charge in [-0.15, -0.1) is 0 Å². The minimum absolute atomic E-state index is 0.0145. The van der Waals surface area contributed by atoms with E-state index in [4.69, 9.17) is 25.8 Å². The van der Waals surface area contributed by atoms with Crippen molar-refractivity contribution in [2.24, 2.45) is 5.92 Å². The van der Waals surface area contributed by atoms with Gasteiger partial charge in [0, 0.05) is 26.1 Å². The Kier molecular flexibility index (Phi) is 6.08. The normalized spacial score (nSPS) is 16.6. The van der Waals surface area contributed by atoms with Gasteiger partial charge < -0.3 is 24.4 Å². The number of esters is 1. The Morgan fingerprint density at radius 2 is 1.96 bits per heavy atom. The standard InChI is InChI=1S/C16H19ClN2O6/c1-18-14(20)8-25-16(22)9-4-15(21)19(7-9)11-5-10(17)12(23-2)6-13(11)24-3/h5-6,9H,4,7-8H2,1-3H3,(H,18,20)/t9-/m1/s1. The summed E-state index contributed by atoms with van der Waals surface area (Å²) < 4.78 is 15.3. The minimum Gasteiger partial charge on any atom is -0.495 e. The predicted octanol–water partition coefficient (Wildman–Crippen LogP) is 0.999. The van der Waals surface area contributed by atoms with Gasteiger partial charge >= 0.3 is 5.97 Å². The summed E-state index contributed by atoms with van der Waals surface area (Å²) in [6, 6.07) is 3.12. The third-order valence-electron chi connectivity index (χ3n) is 3.83. The molecule has 8 nitrogen and oxygen atoms in total. The molecular weight excluding hydrogens is 352 g/mol. The van der Waals surface area contributed by atoms with Crippen LogP contribution >= 0.6 is 11.6 Å². The quantitative estimate of drug-likeness (QED) is 0.751. The van der Waals surface area contributed by atoms with E-state index in [0.717, 1.165) is 0 Å². The zero-order valence-electron chi connectivity index (χ0n) is 14.1. The molecule has 0 saturated carbocycles. The SMILES string of the molecule is CNC(=O)COC(=O)[C@@H]1CC(=O)N(c2cc(Cl)c(OC)cc2OC)C1. The predicted molar refractivity (Wildman–Crippen MR) is 90.0 cm³/mol. The lowest BCUT2D eigenvalue weighted by molar-refractivity contribution is -0.152. The minimum atomic E-state index is -0.664. The first-order chi connectivity index (χ1) is 11.9. The van der Waals surface area contributed by atoms with Crippen molar-refractivity contribution in [1.29, 1.82) is 0 Å². The van der Waals surface area contributed by atoms with Crippen LogP contribution in [0.1, 0.15) is 6.42 Å². The van der Waals surface area contributed by atoms with Crippen LogP contribution in [0.3, 0.4) is 0 Å². The van der Waals surface area contributed by atoms with Gasteiger partial charge in [0.1, 0.15) is 11.5 Å². The van der Waals surface area contributed by atoms with Gasteiger partial charge in [0.15, 0.2) is 6.61 Å². The van der Waals surface area contributed by atoms with E-state index in [-0.39, 0.29) is 25.5 Å². The molecule has 1 aliphatic heterocycles. The van der Waals surface area contributed by atoms with Crippen LogP contribution in [0.4, 0.5) is 5.69 Å². The number of benzene rings is 1. The average molecular weight is 371 g/mol. The van der Waals surface area contributed by atoms with Crippen LogP contribution in [-0.4, -0.2) is 52.2 Å². The van der Waals surface area contributed by atoms with E-state index in [1.54, 1.807) is 12.1 Å². The summed E-state index contributed by atoms with van der Waals surface area (Å²) in [7, 11) is 4.37. The summed E-state index contributed by atoms with van der Waals surface area (Å²) in [4.78, 5) is 36.9. The highest BCUT2D eigenvalue weighted by Gasteiger charge is 2.37. The molecule has 1 aliphatic rings. The van der Waals surface area contributed by atoms with E-state index in [2.05, 4.69) is 5.32 Å². The summed E-state index contributed by atoms with van der Waals surface area (Å²) in [6.07, 6.45) is -0.0145. The molecule has 0 aliphatic carbocycles. The zero-order chi connectivity index (χ0) is 18.6. The van der Waals surface area contributed by atoms with Crippen LogP contribution in [0.5, 0.6) is 11.5 Å². The van der Waals surface area contributed by atoms with Gasteiger partial charge in [0.05, 0.1) is 30.8 Å². The Morgan fingerprint density at radius 1 is 1.28 bits per heavy atom. The maximum Gasteiger partial charge on any atom is 0.311 e. The maximum absolute atomic E-state index is 12.3. The van der Waals surface area contributed by atoms with Gasteiger partial charge in [-0.25, -0.2) is 0 Å². The van der Waals surface area contributed by atoms with Crippen molar-refractivity contribution in [2.45, 2.75) is 6.42 Å². The number of amides is 2. The number of carbonyl (C=O) groups is 3. The molecule has 0 radical (unpaired) electrons. The lowest BCUT2D eigenvalue weighted by Crippen LogP contribution is -2.29. The molecule has 9 heteroatoms. The van der Waals surface area contributed by atoms with Gasteiger partial charge in [-0.2, -0.15) is 0 Å². The van der Waals surface area contributed by atoms with Crippen LogP contribution in [-0.2, 0) is 19.1 Å². The second kappa shape index (κ2) is 8.06. The van der Waals surface area contributed by atoms with Crippen molar-refractivity contribution in [3.05, 3.63) is 17.2 Å². The Hall–Kier alpha value is -2.48. The number of anilines is 1. The summed E-state index contributed by atoms with van der Waals surface area (Å²) >= 11 is 6.13. The number of carbonyl (C=O) groups excluding carboxylic acids is 3. The number of likely N-dealkylation sites (N-methyl/N-ethyl adjacent to an activating group) is 1. The molecule has 1 heterocycles. The zero-order valence-corrected chi connectivity index (χ0v) is 14.9. The summed E-state index contributed by atoms with van der Waals surface area (Å²) in [5, 5.41) is 2.67. The molecule has 1 fully saturated rings. The molecule has 0 bridgehead atoms. The highest BCUT2D eigenvalue weighted by Crippen LogP contribution is 2.40. The molecule has 0 aromatic heterocycles. The number of nitrogens with zero attached hydrogens (tertiary/aromatic N) is 1. The van der Waals surface area contributed by atoms with Crippen molar-refractivity contribution in [3.8, 4) is 11.5 Å². The molecule has 0 unspecified atom stereocenters. The topological polar surface area (TPSA) is 94.2 Å². The molecule has 0 spiro atoms. The van der Waals surface area contributed by atoms with Gasteiger partial charge in [0.25, 0.3) is 5.91 Å².